The third-order valence-corrected chi connectivity index (χ3v) is 4.78. The van der Waals surface area contributed by atoms with Gasteiger partial charge >= 0.3 is 5.97 Å². The van der Waals surface area contributed by atoms with Gasteiger partial charge in [0.2, 0.25) is 0 Å². The topological polar surface area (TPSA) is 75.3 Å². The number of aryl methyl sites for hydroxylation is 1. The molecule has 112 valence electrons. The number of hydrogen-bond acceptors (Lipinski definition) is 4. The van der Waals surface area contributed by atoms with Crippen LogP contribution >= 0.6 is 11.3 Å². The molecule has 0 radical (unpaired) electrons. The minimum Gasteiger partial charge on any atom is -0.478 e. The Balaban J connectivity index is 2.19. The van der Waals surface area contributed by atoms with Gasteiger partial charge < -0.3 is 16.2 Å². The number of carbonyl (C=O) groups is 1. The van der Waals surface area contributed by atoms with Gasteiger partial charge in [0, 0.05) is 28.2 Å². The second-order valence-electron chi connectivity index (χ2n) is 5.77. The Bertz CT molecular complexity index is 649. The standard InChI is InChI=1S/C16H20N2O2S/c1-10-7-11(8-12(14(10)17)15(19)20)18-9-16(2,3)13-5-4-6-21-13/h4-8,18H,9,17H2,1-3H3,(H,19,20). The maximum absolute atomic E-state index is 11.2. The number of nitrogens with two attached hydrogens (primary N) is 1. The maximum atomic E-state index is 11.2. The molecule has 0 aliphatic heterocycles. The molecular formula is C16H20N2O2S. The lowest BCUT2D eigenvalue weighted by Crippen LogP contribution is -2.26. The van der Waals surface area contributed by atoms with Gasteiger partial charge in [-0.05, 0) is 36.1 Å². The van der Waals surface area contributed by atoms with E-state index in [2.05, 4.69) is 30.6 Å². The number of hydrogen-bond donors (Lipinski definition) is 3. The Morgan fingerprint density at radius 1 is 1.43 bits per heavy atom. The molecule has 1 aromatic carbocycles. The fourth-order valence-electron chi connectivity index (χ4n) is 2.15. The van der Waals surface area contributed by atoms with E-state index in [1.807, 2.05) is 19.1 Å². The monoisotopic (exact) mass is 304 g/mol. The van der Waals surface area contributed by atoms with Gasteiger partial charge in [0.1, 0.15) is 0 Å². The van der Waals surface area contributed by atoms with E-state index in [-0.39, 0.29) is 11.0 Å². The lowest BCUT2D eigenvalue weighted by atomic mass is 9.91. The Labute approximate surface area is 128 Å². The fourth-order valence-corrected chi connectivity index (χ4v) is 3.00. The lowest BCUT2D eigenvalue weighted by molar-refractivity contribution is 0.0698. The number of nitrogens with one attached hydrogen (secondary N) is 1. The summed E-state index contributed by atoms with van der Waals surface area (Å²) in [6.45, 7) is 6.86. The van der Waals surface area contributed by atoms with Gasteiger partial charge in [0.25, 0.3) is 0 Å². The van der Waals surface area contributed by atoms with E-state index in [1.165, 1.54) is 4.88 Å². The zero-order chi connectivity index (χ0) is 15.6. The van der Waals surface area contributed by atoms with Crippen LogP contribution in [0.5, 0.6) is 0 Å². The minimum atomic E-state index is -1.00. The molecule has 0 saturated heterocycles. The van der Waals surface area contributed by atoms with Gasteiger partial charge in [-0.25, -0.2) is 4.79 Å². The van der Waals surface area contributed by atoms with E-state index < -0.39 is 5.97 Å². The molecule has 0 bridgehead atoms. The van der Waals surface area contributed by atoms with Crippen LogP contribution in [0, 0.1) is 6.92 Å². The molecule has 1 heterocycles. The van der Waals surface area contributed by atoms with E-state index in [4.69, 9.17) is 5.73 Å². The molecule has 0 amide bonds. The van der Waals surface area contributed by atoms with Crippen molar-refractivity contribution in [1.82, 2.24) is 0 Å². The van der Waals surface area contributed by atoms with Crippen LogP contribution in [0.3, 0.4) is 0 Å². The number of rotatable bonds is 5. The average molecular weight is 304 g/mol. The molecule has 2 aromatic rings. The number of aromatic carboxylic acids is 1. The first-order chi connectivity index (χ1) is 9.81. The predicted octanol–water partition coefficient (Wildman–Crippen LogP) is 3.73. The molecule has 0 aliphatic rings. The number of anilines is 2. The van der Waals surface area contributed by atoms with Crippen LogP contribution < -0.4 is 11.1 Å². The van der Waals surface area contributed by atoms with Crippen LogP contribution in [-0.4, -0.2) is 17.6 Å². The van der Waals surface area contributed by atoms with Crippen molar-refractivity contribution in [2.75, 3.05) is 17.6 Å². The molecule has 0 spiro atoms. The summed E-state index contributed by atoms with van der Waals surface area (Å²) in [5.41, 5.74) is 7.80. The number of benzene rings is 1. The summed E-state index contributed by atoms with van der Waals surface area (Å²) in [5.74, 6) is -1.00. The molecule has 5 heteroatoms. The van der Waals surface area contributed by atoms with Gasteiger partial charge in [0.05, 0.1) is 5.56 Å². The largest absolute Gasteiger partial charge is 0.478 e. The van der Waals surface area contributed by atoms with E-state index in [1.54, 1.807) is 17.4 Å². The summed E-state index contributed by atoms with van der Waals surface area (Å²) in [4.78, 5) is 12.5. The first-order valence-electron chi connectivity index (χ1n) is 6.72. The van der Waals surface area contributed by atoms with Crippen molar-refractivity contribution in [1.29, 1.82) is 0 Å². The molecule has 0 fully saturated rings. The first kappa shape index (κ1) is 15.4. The van der Waals surface area contributed by atoms with Crippen molar-refractivity contribution in [3.63, 3.8) is 0 Å². The molecular weight excluding hydrogens is 284 g/mol. The fraction of sp³-hybridized carbons (Fsp3) is 0.312. The zero-order valence-corrected chi connectivity index (χ0v) is 13.3. The third kappa shape index (κ3) is 3.36. The van der Waals surface area contributed by atoms with Gasteiger partial charge in [0.15, 0.2) is 0 Å². The van der Waals surface area contributed by atoms with E-state index in [9.17, 15) is 9.90 Å². The smallest absolute Gasteiger partial charge is 0.337 e. The average Bonchev–Trinajstić information content (AvgIpc) is 2.94. The minimum absolute atomic E-state index is 0.0210. The van der Waals surface area contributed by atoms with Gasteiger partial charge in [-0.3, -0.25) is 0 Å². The van der Waals surface area contributed by atoms with E-state index in [0.717, 1.165) is 17.8 Å². The number of carboxylic acids is 1. The molecule has 4 nitrogen and oxygen atoms in total. The molecule has 21 heavy (non-hydrogen) atoms. The molecule has 4 N–H and O–H groups in total. The highest BCUT2D eigenvalue weighted by atomic mass is 32.1. The summed E-state index contributed by atoms with van der Waals surface area (Å²) in [7, 11) is 0. The summed E-state index contributed by atoms with van der Waals surface area (Å²) in [6.07, 6.45) is 0. The zero-order valence-electron chi connectivity index (χ0n) is 12.4. The van der Waals surface area contributed by atoms with Crippen molar-refractivity contribution in [2.24, 2.45) is 0 Å². The third-order valence-electron chi connectivity index (χ3n) is 3.54. The lowest BCUT2D eigenvalue weighted by Gasteiger charge is -2.24. The number of nitrogen functional groups attached to an aromatic ring is 1. The summed E-state index contributed by atoms with van der Waals surface area (Å²) in [5, 5.41) is 14.6. The highest BCUT2D eigenvalue weighted by molar-refractivity contribution is 7.10. The van der Waals surface area contributed by atoms with Crippen LogP contribution in [0.4, 0.5) is 11.4 Å². The summed E-state index contributed by atoms with van der Waals surface area (Å²) in [6, 6.07) is 7.63. The normalized spacial score (nSPS) is 11.4. The second-order valence-corrected chi connectivity index (χ2v) is 6.72. The summed E-state index contributed by atoms with van der Waals surface area (Å²) >= 11 is 1.72. The number of carboxylic acid groups (broad SMARTS) is 1. The SMILES string of the molecule is Cc1cc(NCC(C)(C)c2cccs2)cc(C(=O)O)c1N. The van der Waals surface area contributed by atoms with Crippen molar-refractivity contribution in [3.8, 4) is 0 Å². The van der Waals surface area contributed by atoms with E-state index in [0.29, 0.717) is 5.69 Å². The van der Waals surface area contributed by atoms with Crippen LogP contribution in [0.25, 0.3) is 0 Å². The Kier molecular flexibility index (Phi) is 4.23. The quantitative estimate of drug-likeness (QED) is 0.736. The molecule has 0 unspecified atom stereocenters. The first-order valence-corrected chi connectivity index (χ1v) is 7.60. The van der Waals surface area contributed by atoms with Crippen molar-refractivity contribution < 1.29 is 9.90 Å². The highest BCUT2D eigenvalue weighted by Gasteiger charge is 2.22. The highest BCUT2D eigenvalue weighted by Crippen LogP contribution is 2.29. The molecule has 0 atom stereocenters. The molecule has 0 saturated carbocycles. The molecule has 0 aliphatic carbocycles. The maximum Gasteiger partial charge on any atom is 0.337 e. The predicted molar refractivity (Wildman–Crippen MR) is 88.4 cm³/mol. The van der Waals surface area contributed by atoms with Crippen molar-refractivity contribution in [3.05, 3.63) is 45.6 Å². The van der Waals surface area contributed by atoms with Crippen molar-refractivity contribution >= 4 is 28.7 Å². The van der Waals surface area contributed by atoms with Gasteiger partial charge in [-0.15, -0.1) is 11.3 Å². The Morgan fingerprint density at radius 3 is 2.71 bits per heavy atom. The second kappa shape index (κ2) is 5.77. The molecule has 2 rings (SSSR count). The van der Waals surface area contributed by atoms with Crippen LogP contribution in [0.1, 0.15) is 34.6 Å². The van der Waals surface area contributed by atoms with Gasteiger partial charge in [-0.1, -0.05) is 19.9 Å². The van der Waals surface area contributed by atoms with Crippen molar-refractivity contribution in [2.45, 2.75) is 26.2 Å². The van der Waals surface area contributed by atoms with Crippen LogP contribution in [0.15, 0.2) is 29.6 Å². The molecule has 1 aromatic heterocycles. The Morgan fingerprint density at radius 2 is 2.14 bits per heavy atom. The Hall–Kier alpha value is -2.01. The summed E-state index contributed by atoms with van der Waals surface area (Å²) < 4.78 is 0. The van der Waals surface area contributed by atoms with E-state index >= 15 is 0 Å². The van der Waals surface area contributed by atoms with Crippen LogP contribution in [0.2, 0.25) is 0 Å². The van der Waals surface area contributed by atoms with Crippen LogP contribution in [-0.2, 0) is 5.41 Å². The number of thiophene rings is 1. The van der Waals surface area contributed by atoms with Gasteiger partial charge in [-0.2, -0.15) is 0 Å².